The highest BCUT2D eigenvalue weighted by atomic mass is 32.1. The summed E-state index contributed by atoms with van der Waals surface area (Å²) >= 11 is 1.42. The number of nitrogens with zero attached hydrogens (tertiary/aromatic N) is 1. The number of rotatable bonds is 4. The summed E-state index contributed by atoms with van der Waals surface area (Å²) in [5.41, 5.74) is 7.41. The number of aryl methyl sites for hydroxylation is 1. The number of H-pyrrole nitrogens is 1. The van der Waals surface area contributed by atoms with Gasteiger partial charge in [0, 0.05) is 11.8 Å². The molecule has 5 heteroatoms. The summed E-state index contributed by atoms with van der Waals surface area (Å²) in [6.07, 6.45) is 1.82. The molecular formula is C18H17N3OS. The Morgan fingerprint density at radius 3 is 2.65 bits per heavy atom. The molecule has 0 fully saturated rings. The highest BCUT2D eigenvalue weighted by molar-refractivity contribution is 7.12. The third-order valence-corrected chi connectivity index (χ3v) is 4.46. The van der Waals surface area contributed by atoms with Gasteiger partial charge in [-0.3, -0.25) is 4.79 Å². The highest BCUT2D eigenvalue weighted by Gasteiger charge is 2.14. The minimum Gasteiger partial charge on any atom is -0.360 e. The summed E-state index contributed by atoms with van der Waals surface area (Å²) < 4.78 is 0. The Kier molecular flexibility index (Phi) is 4.39. The van der Waals surface area contributed by atoms with E-state index in [1.54, 1.807) is 0 Å². The van der Waals surface area contributed by atoms with Crippen LogP contribution in [0.5, 0.6) is 0 Å². The zero-order valence-corrected chi connectivity index (χ0v) is 13.8. The molecule has 1 amide bonds. The van der Waals surface area contributed by atoms with E-state index in [9.17, 15) is 4.79 Å². The Bertz CT molecular complexity index is 830. The van der Waals surface area contributed by atoms with Gasteiger partial charge in [0.2, 0.25) is 0 Å². The molecule has 0 spiro atoms. The van der Waals surface area contributed by atoms with Crippen molar-refractivity contribution < 1.29 is 4.79 Å². The number of carbonyl (C=O) groups is 1. The van der Waals surface area contributed by atoms with Crippen LogP contribution in [0.15, 0.2) is 59.1 Å². The third-order valence-electron chi connectivity index (χ3n) is 3.55. The summed E-state index contributed by atoms with van der Waals surface area (Å²) in [6, 6.07) is 13.9. The zero-order valence-electron chi connectivity index (χ0n) is 13.0. The second-order valence-corrected chi connectivity index (χ2v) is 6.17. The Labute approximate surface area is 138 Å². The van der Waals surface area contributed by atoms with E-state index in [0.717, 1.165) is 22.5 Å². The van der Waals surface area contributed by atoms with E-state index in [-0.39, 0.29) is 5.91 Å². The lowest BCUT2D eigenvalue weighted by Gasteiger charge is -2.04. The van der Waals surface area contributed by atoms with Crippen molar-refractivity contribution >= 4 is 23.0 Å². The number of hydrogen-bond acceptors (Lipinski definition) is 3. The average molecular weight is 323 g/mol. The van der Waals surface area contributed by atoms with Crippen molar-refractivity contribution in [1.82, 2.24) is 10.4 Å². The molecule has 0 unspecified atom stereocenters. The van der Waals surface area contributed by atoms with Crippen LogP contribution in [0.25, 0.3) is 11.1 Å². The van der Waals surface area contributed by atoms with Gasteiger partial charge in [-0.15, -0.1) is 11.3 Å². The SMILES string of the molecule is C/C(=N\NC(=O)c1sccc1-c1ccc(C)cc1)c1ccc[nH]1. The number of aromatic nitrogens is 1. The van der Waals surface area contributed by atoms with Gasteiger partial charge in [0.25, 0.3) is 5.91 Å². The highest BCUT2D eigenvalue weighted by Crippen LogP contribution is 2.28. The summed E-state index contributed by atoms with van der Waals surface area (Å²) in [6.45, 7) is 3.89. The number of benzene rings is 1. The van der Waals surface area contributed by atoms with E-state index in [2.05, 4.69) is 15.5 Å². The van der Waals surface area contributed by atoms with Gasteiger partial charge in [0.15, 0.2) is 0 Å². The van der Waals surface area contributed by atoms with E-state index >= 15 is 0 Å². The molecule has 0 radical (unpaired) electrons. The smallest absolute Gasteiger partial charge is 0.282 e. The number of aromatic amines is 1. The Balaban J connectivity index is 1.80. The second kappa shape index (κ2) is 6.62. The van der Waals surface area contributed by atoms with E-state index in [1.807, 2.05) is 67.9 Å². The predicted molar refractivity (Wildman–Crippen MR) is 95.0 cm³/mol. The van der Waals surface area contributed by atoms with Gasteiger partial charge in [-0.05, 0) is 43.0 Å². The minimum atomic E-state index is -0.193. The molecule has 2 aromatic heterocycles. The lowest BCUT2D eigenvalue weighted by molar-refractivity contribution is 0.0959. The fourth-order valence-electron chi connectivity index (χ4n) is 2.25. The van der Waals surface area contributed by atoms with Crippen LogP contribution in [0.4, 0.5) is 0 Å². The van der Waals surface area contributed by atoms with Crippen LogP contribution in [-0.4, -0.2) is 16.6 Å². The first-order valence-electron chi connectivity index (χ1n) is 7.28. The number of nitrogens with one attached hydrogen (secondary N) is 2. The molecule has 2 N–H and O–H groups in total. The van der Waals surface area contributed by atoms with Gasteiger partial charge in [-0.1, -0.05) is 29.8 Å². The van der Waals surface area contributed by atoms with Gasteiger partial charge in [-0.2, -0.15) is 5.10 Å². The molecule has 0 aliphatic carbocycles. The standard InChI is InChI=1S/C18H17N3OS/c1-12-5-7-14(8-6-12)15-9-11-23-17(15)18(22)21-20-13(2)16-4-3-10-19-16/h3-11,19H,1-2H3,(H,21,22)/b20-13+. The molecule has 3 rings (SSSR count). The van der Waals surface area contributed by atoms with Crippen molar-refractivity contribution in [1.29, 1.82) is 0 Å². The van der Waals surface area contributed by atoms with Gasteiger partial charge in [0.1, 0.15) is 4.88 Å². The van der Waals surface area contributed by atoms with Crippen molar-refractivity contribution in [3.63, 3.8) is 0 Å². The van der Waals surface area contributed by atoms with Crippen LogP contribution < -0.4 is 5.43 Å². The number of hydrazone groups is 1. The number of carbonyl (C=O) groups excluding carboxylic acids is 1. The fourth-order valence-corrected chi connectivity index (χ4v) is 3.05. The van der Waals surface area contributed by atoms with E-state index < -0.39 is 0 Å². The van der Waals surface area contributed by atoms with Crippen molar-refractivity contribution in [2.45, 2.75) is 13.8 Å². The van der Waals surface area contributed by atoms with Gasteiger partial charge < -0.3 is 4.98 Å². The third kappa shape index (κ3) is 3.40. The lowest BCUT2D eigenvalue weighted by atomic mass is 10.1. The first-order chi connectivity index (χ1) is 11.1. The van der Waals surface area contributed by atoms with Crippen molar-refractivity contribution in [3.8, 4) is 11.1 Å². The van der Waals surface area contributed by atoms with Crippen LogP contribution in [0, 0.1) is 6.92 Å². The maximum Gasteiger partial charge on any atom is 0.282 e. The molecule has 0 atom stereocenters. The molecule has 0 saturated carbocycles. The maximum atomic E-state index is 12.4. The first-order valence-corrected chi connectivity index (χ1v) is 8.16. The Morgan fingerprint density at radius 2 is 1.96 bits per heavy atom. The minimum absolute atomic E-state index is 0.193. The topological polar surface area (TPSA) is 57.2 Å². The van der Waals surface area contributed by atoms with E-state index in [4.69, 9.17) is 0 Å². The molecule has 116 valence electrons. The van der Waals surface area contributed by atoms with Crippen LogP contribution in [-0.2, 0) is 0 Å². The van der Waals surface area contributed by atoms with Crippen LogP contribution in [0.3, 0.4) is 0 Å². The average Bonchev–Trinajstić information content (AvgIpc) is 3.24. The first kappa shape index (κ1) is 15.2. The van der Waals surface area contributed by atoms with Gasteiger partial charge in [0.05, 0.1) is 11.4 Å². The van der Waals surface area contributed by atoms with Crippen molar-refractivity contribution in [3.05, 3.63) is 70.2 Å². The molecule has 0 aliphatic heterocycles. The molecule has 1 aromatic carbocycles. The fraction of sp³-hybridized carbons (Fsp3) is 0.111. The predicted octanol–water partition coefficient (Wildman–Crippen LogP) is 4.21. The summed E-state index contributed by atoms with van der Waals surface area (Å²) in [5.74, 6) is -0.193. The van der Waals surface area contributed by atoms with Crippen LogP contribution >= 0.6 is 11.3 Å². The van der Waals surface area contributed by atoms with Gasteiger partial charge in [-0.25, -0.2) is 5.43 Å². The monoisotopic (exact) mass is 323 g/mol. The molecule has 0 bridgehead atoms. The van der Waals surface area contributed by atoms with Crippen LogP contribution in [0.2, 0.25) is 0 Å². The van der Waals surface area contributed by atoms with E-state index in [1.165, 1.54) is 16.9 Å². The van der Waals surface area contributed by atoms with E-state index in [0.29, 0.717) is 4.88 Å². The number of thiophene rings is 1. The number of amides is 1. The quantitative estimate of drug-likeness (QED) is 0.548. The van der Waals surface area contributed by atoms with Crippen molar-refractivity contribution in [2.75, 3.05) is 0 Å². The molecule has 0 saturated heterocycles. The van der Waals surface area contributed by atoms with Crippen molar-refractivity contribution in [2.24, 2.45) is 5.10 Å². The summed E-state index contributed by atoms with van der Waals surface area (Å²) in [5, 5.41) is 6.09. The largest absolute Gasteiger partial charge is 0.360 e. The normalized spacial score (nSPS) is 11.5. The summed E-state index contributed by atoms with van der Waals surface area (Å²) in [4.78, 5) is 16.1. The molecule has 3 aromatic rings. The van der Waals surface area contributed by atoms with Crippen LogP contribution in [0.1, 0.15) is 27.9 Å². The maximum absolute atomic E-state index is 12.4. The molecule has 4 nitrogen and oxygen atoms in total. The number of hydrogen-bond donors (Lipinski definition) is 2. The second-order valence-electron chi connectivity index (χ2n) is 5.25. The van der Waals surface area contributed by atoms with Gasteiger partial charge >= 0.3 is 0 Å². The molecular weight excluding hydrogens is 306 g/mol. The molecule has 23 heavy (non-hydrogen) atoms. The Hall–Kier alpha value is -2.66. The lowest BCUT2D eigenvalue weighted by Crippen LogP contribution is -2.19. The molecule has 2 heterocycles. The summed E-state index contributed by atoms with van der Waals surface area (Å²) in [7, 11) is 0. The zero-order chi connectivity index (χ0) is 16.2. The Morgan fingerprint density at radius 1 is 1.17 bits per heavy atom. The molecule has 0 aliphatic rings.